The van der Waals surface area contributed by atoms with Crippen LogP contribution in [0.4, 0.5) is 0 Å². The lowest BCUT2D eigenvalue weighted by molar-refractivity contribution is 0.0950. The van der Waals surface area contributed by atoms with E-state index in [1.807, 2.05) is 13.0 Å². The van der Waals surface area contributed by atoms with Crippen molar-refractivity contribution in [2.75, 3.05) is 19.6 Å². The summed E-state index contributed by atoms with van der Waals surface area (Å²) in [5.41, 5.74) is 1.35. The van der Waals surface area contributed by atoms with Crippen molar-refractivity contribution in [2.24, 2.45) is 0 Å². The maximum Gasteiger partial charge on any atom is 0.270 e. The van der Waals surface area contributed by atoms with Crippen molar-refractivity contribution in [1.82, 2.24) is 15.6 Å². The van der Waals surface area contributed by atoms with Crippen molar-refractivity contribution >= 4 is 17.2 Å². The van der Waals surface area contributed by atoms with E-state index in [0.29, 0.717) is 12.2 Å². The van der Waals surface area contributed by atoms with Gasteiger partial charge in [0.05, 0.1) is 6.26 Å². The van der Waals surface area contributed by atoms with Gasteiger partial charge in [0, 0.05) is 24.0 Å². The van der Waals surface area contributed by atoms with Gasteiger partial charge in [-0.1, -0.05) is 6.92 Å². The van der Waals surface area contributed by atoms with E-state index in [2.05, 4.69) is 15.6 Å². The van der Waals surface area contributed by atoms with E-state index in [0.717, 1.165) is 23.7 Å². The summed E-state index contributed by atoms with van der Waals surface area (Å²) in [6.45, 7) is 4.29. The number of aromatic nitrogens is 1. The molecular formula is C12H15N3O2S. The fraction of sp³-hybridized carbons (Fsp3) is 0.333. The predicted molar refractivity (Wildman–Crippen MR) is 70.7 cm³/mol. The SMILES string of the molecule is CCNCCNC(=O)c1csc(-c2ccoc2)n1. The summed E-state index contributed by atoms with van der Waals surface area (Å²) < 4.78 is 4.99. The Morgan fingerprint density at radius 1 is 1.50 bits per heavy atom. The molecule has 96 valence electrons. The number of hydrogen-bond acceptors (Lipinski definition) is 5. The zero-order valence-electron chi connectivity index (χ0n) is 10.1. The van der Waals surface area contributed by atoms with Crippen LogP contribution in [-0.4, -0.2) is 30.5 Å². The Labute approximate surface area is 109 Å². The minimum atomic E-state index is -0.140. The first-order valence-corrected chi connectivity index (χ1v) is 6.66. The van der Waals surface area contributed by atoms with Crippen molar-refractivity contribution in [3.8, 4) is 10.6 Å². The average Bonchev–Trinajstić information content (AvgIpc) is 3.03. The molecule has 5 nitrogen and oxygen atoms in total. The van der Waals surface area contributed by atoms with Gasteiger partial charge in [-0.3, -0.25) is 4.79 Å². The van der Waals surface area contributed by atoms with Gasteiger partial charge >= 0.3 is 0 Å². The molecule has 18 heavy (non-hydrogen) atoms. The zero-order valence-corrected chi connectivity index (χ0v) is 10.9. The summed E-state index contributed by atoms with van der Waals surface area (Å²) in [4.78, 5) is 16.1. The van der Waals surface area contributed by atoms with Gasteiger partial charge in [-0.05, 0) is 12.6 Å². The van der Waals surface area contributed by atoms with Crippen LogP contribution in [0.5, 0.6) is 0 Å². The number of thiazole rings is 1. The Morgan fingerprint density at radius 3 is 3.11 bits per heavy atom. The van der Waals surface area contributed by atoms with Gasteiger partial charge in [-0.2, -0.15) is 0 Å². The Kier molecular flexibility index (Phi) is 4.49. The molecule has 2 rings (SSSR count). The topological polar surface area (TPSA) is 67.2 Å². The molecule has 1 amide bonds. The van der Waals surface area contributed by atoms with E-state index in [-0.39, 0.29) is 5.91 Å². The molecular weight excluding hydrogens is 250 g/mol. The van der Waals surface area contributed by atoms with Crippen LogP contribution < -0.4 is 10.6 Å². The van der Waals surface area contributed by atoms with E-state index < -0.39 is 0 Å². The van der Waals surface area contributed by atoms with Crippen molar-refractivity contribution in [3.05, 3.63) is 29.7 Å². The third-order valence-corrected chi connectivity index (χ3v) is 3.23. The van der Waals surface area contributed by atoms with Gasteiger partial charge in [0.2, 0.25) is 0 Å². The lowest BCUT2D eigenvalue weighted by Gasteiger charge is -2.02. The van der Waals surface area contributed by atoms with E-state index in [1.165, 1.54) is 11.3 Å². The standard InChI is InChI=1S/C12H15N3O2S/c1-2-13-4-5-14-11(16)10-8-18-12(15-10)9-3-6-17-7-9/h3,6-8,13H,2,4-5H2,1H3,(H,14,16). The summed E-state index contributed by atoms with van der Waals surface area (Å²) in [5.74, 6) is -0.140. The smallest absolute Gasteiger partial charge is 0.270 e. The molecule has 0 aromatic carbocycles. The number of carbonyl (C=O) groups is 1. The van der Waals surface area contributed by atoms with E-state index in [4.69, 9.17) is 4.42 Å². The molecule has 0 bridgehead atoms. The monoisotopic (exact) mass is 265 g/mol. The summed E-state index contributed by atoms with van der Waals surface area (Å²) in [6, 6.07) is 1.83. The highest BCUT2D eigenvalue weighted by molar-refractivity contribution is 7.13. The number of nitrogens with zero attached hydrogens (tertiary/aromatic N) is 1. The minimum Gasteiger partial charge on any atom is -0.472 e. The Hall–Kier alpha value is -1.66. The number of furan rings is 1. The molecule has 2 N–H and O–H groups in total. The highest BCUT2D eigenvalue weighted by Gasteiger charge is 2.11. The quantitative estimate of drug-likeness (QED) is 0.781. The number of carbonyl (C=O) groups excluding carboxylic acids is 1. The fourth-order valence-corrected chi connectivity index (χ4v) is 2.21. The summed E-state index contributed by atoms with van der Waals surface area (Å²) >= 11 is 1.43. The number of nitrogens with one attached hydrogen (secondary N) is 2. The second-order valence-corrected chi connectivity index (χ2v) is 4.52. The van der Waals surface area contributed by atoms with Crippen molar-refractivity contribution < 1.29 is 9.21 Å². The maximum absolute atomic E-state index is 11.8. The molecule has 0 atom stereocenters. The van der Waals surface area contributed by atoms with Crippen molar-refractivity contribution in [2.45, 2.75) is 6.92 Å². The largest absolute Gasteiger partial charge is 0.472 e. The first kappa shape index (κ1) is 12.8. The highest BCUT2D eigenvalue weighted by Crippen LogP contribution is 2.23. The summed E-state index contributed by atoms with van der Waals surface area (Å²) in [5, 5.41) is 8.50. The highest BCUT2D eigenvalue weighted by atomic mass is 32.1. The average molecular weight is 265 g/mol. The summed E-state index contributed by atoms with van der Waals surface area (Å²) in [7, 11) is 0. The van der Waals surface area contributed by atoms with Crippen LogP contribution >= 0.6 is 11.3 Å². The van der Waals surface area contributed by atoms with Gasteiger partial charge in [0.25, 0.3) is 5.91 Å². The van der Waals surface area contributed by atoms with Crippen LogP contribution in [0.25, 0.3) is 10.6 Å². The molecule has 0 unspecified atom stereocenters. The Morgan fingerprint density at radius 2 is 2.39 bits per heavy atom. The molecule has 0 aliphatic carbocycles. The number of rotatable bonds is 6. The molecule has 0 aliphatic heterocycles. The third-order valence-electron chi connectivity index (χ3n) is 2.34. The molecule has 2 aromatic rings. The first-order chi connectivity index (χ1) is 8.81. The van der Waals surface area contributed by atoms with Crippen molar-refractivity contribution in [3.63, 3.8) is 0 Å². The van der Waals surface area contributed by atoms with Gasteiger partial charge in [-0.25, -0.2) is 4.98 Å². The van der Waals surface area contributed by atoms with Crippen molar-refractivity contribution in [1.29, 1.82) is 0 Å². The predicted octanol–water partition coefficient (Wildman–Crippen LogP) is 1.74. The van der Waals surface area contributed by atoms with Crippen LogP contribution in [0, 0.1) is 0 Å². The number of amides is 1. The maximum atomic E-state index is 11.8. The van der Waals surface area contributed by atoms with Crippen LogP contribution in [0.2, 0.25) is 0 Å². The van der Waals surface area contributed by atoms with E-state index >= 15 is 0 Å². The fourth-order valence-electron chi connectivity index (χ4n) is 1.43. The van der Waals surface area contributed by atoms with Crippen LogP contribution in [0.1, 0.15) is 17.4 Å². The normalized spacial score (nSPS) is 10.5. The van der Waals surface area contributed by atoms with Gasteiger partial charge < -0.3 is 15.1 Å². The van der Waals surface area contributed by atoms with Gasteiger partial charge in [0.15, 0.2) is 0 Å². The Bertz CT molecular complexity index is 493. The minimum absolute atomic E-state index is 0.140. The summed E-state index contributed by atoms with van der Waals surface area (Å²) in [6.07, 6.45) is 3.21. The van der Waals surface area contributed by atoms with Gasteiger partial charge in [-0.15, -0.1) is 11.3 Å². The van der Waals surface area contributed by atoms with Crippen LogP contribution in [0.15, 0.2) is 28.4 Å². The number of likely N-dealkylation sites (N-methyl/N-ethyl adjacent to an activating group) is 1. The molecule has 0 saturated carbocycles. The number of hydrogen-bond donors (Lipinski definition) is 2. The molecule has 0 fully saturated rings. The lowest BCUT2D eigenvalue weighted by atomic mass is 10.3. The molecule has 0 saturated heterocycles. The second kappa shape index (κ2) is 6.32. The van der Waals surface area contributed by atoms with E-state index in [9.17, 15) is 4.79 Å². The molecule has 0 aliphatic rings. The second-order valence-electron chi connectivity index (χ2n) is 3.66. The van der Waals surface area contributed by atoms with E-state index in [1.54, 1.807) is 17.9 Å². The first-order valence-electron chi connectivity index (χ1n) is 5.78. The molecule has 2 aromatic heterocycles. The van der Waals surface area contributed by atoms with Crippen LogP contribution in [-0.2, 0) is 0 Å². The van der Waals surface area contributed by atoms with Crippen LogP contribution in [0.3, 0.4) is 0 Å². The zero-order chi connectivity index (χ0) is 12.8. The Balaban J connectivity index is 1.91. The lowest BCUT2D eigenvalue weighted by Crippen LogP contribution is -2.31. The molecule has 6 heteroatoms. The molecule has 2 heterocycles. The molecule has 0 radical (unpaired) electrons. The van der Waals surface area contributed by atoms with Gasteiger partial charge in [0.1, 0.15) is 17.0 Å². The third kappa shape index (κ3) is 3.18. The molecule has 0 spiro atoms.